The second kappa shape index (κ2) is 4.94. The van der Waals surface area contributed by atoms with Gasteiger partial charge in [-0.15, -0.1) is 0 Å². The summed E-state index contributed by atoms with van der Waals surface area (Å²) in [5.41, 5.74) is 1.67. The second-order valence-electron chi connectivity index (χ2n) is 4.12. The monoisotopic (exact) mass is 377 g/mol. The van der Waals surface area contributed by atoms with Crippen LogP contribution >= 0.6 is 31.9 Å². The molecule has 4 heteroatoms. The zero-order valence-electron chi connectivity index (χ0n) is 9.77. The number of pyridine rings is 1. The molecule has 0 amide bonds. The summed E-state index contributed by atoms with van der Waals surface area (Å²) < 4.78 is 1.82. The van der Waals surface area contributed by atoms with Crippen LogP contribution in [-0.2, 0) is 0 Å². The van der Waals surface area contributed by atoms with Gasteiger partial charge in [-0.2, -0.15) is 0 Å². The lowest BCUT2D eigenvalue weighted by atomic mass is 10.1. The highest BCUT2D eigenvalue weighted by Gasteiger charge is 2.14. The van der Waals surface area contributed by atoms with Crippen LogP contribution in [0.5, 0.6) is 5.88 Å². The van der Waals surface area contributed by atoms with Gasteiger partial charge in [0.05, 0.1) is 10.2 Å². The van der Waals surface area contributed by atoms with Gasteiger partial charge in [-0.25, -0.2) is 4.98 Å². The molecule has 0 saturated heterocycles. The lowest BCUT2D eigenvalue weighted by Gasteiger charge is -2.10. The minimum absolute atomic E-state index is 0.0459. The van der Waals surface area contributed by atoms with Gasteiger partial charge in [-0.1, -0.05) is 52.3 Å². The summed E-state index contributed by atoms with van der Waals surface area (Å²) in [5.74, 6) is 0.0459. The zero-order valence-corrected chi connectivity index (χ0v) is 12.9. The van der Waals surface area contributed by atoms with Crippen LogP contribution in [0.25, 0.3) is 22.0 Å². The topological polar surface area (TPSA) is 33.1 Å². The minimum Gasteiger partial charge on any atom is -0.493 e. The molecule has 19 heavy (non-hydrogen) atoms. The average molecular weight is 379 g/mol. The van der Waals surface area contributed by atoms with Gasteiger partial charge in [0.2, 0.25) is 5.88 Å². The molecule has 2 aromatic carbocycles. The molecule has 0 radical (unpaired) electrons. The number of hydrogen-bond donors (Lipinski definition) is 1. The van der Waals surface area contributed by atoms with Crippen LogP contribution in [0.15, 0.2) is 57.5 Å². The molecular formula is C15H9Br2NO. The van der Waals surface area contributed by atoms with Gasteiger partial charge in [0, 0.05) is 20.8 Å². The summed E-state index contributed by atoms with van der Waals surface area (Å²) >= 11 is 7.11. The smallest absolute Gasteiger partial charge is 0.219 e. The molecule has 3 rings (SSSR count). The third-order valence-electron chi connectivity index (χ3n) is 2.96. The third kappa shape index (κ3) is 2.15. The fraction of sp³-hybridized carbons (Fsp3) is 0. The molecular weight excluding hydrogens is 370 g/mol. The normalized spacial score (nSPS) is 10.8. The van der Waals surface area contributed by atoms with E-state index < -0.39 is 0 Å². The third-order valence-corrected chi connectivity index (χ3v) is 4.45. The van der Waals surface area contributed by atoms with Crippen molar-refractivity contribution in [2.75, 3.05) is 0 Å². The molecule has 1 heterocycles. The summed E-state index contributed by atoms with van der Waals surface area (Å²) in [5, 5.41) is 11.8. The molecule has 3 aromatic rings. The van der Waals surface area contributed by atoms with E-state index in [1.807, 2.05) is 48.5 Å². The highest BCUT2D eigenvalue weighted by molar-refractivity contribution is 9.11. The van der Waals surface area contributed by atoms with Gasteiger partial charge in [0.1, 0.15) is 0 Å². The highest BCUT2D eigenvalue weighted by atomic mass is 79.9. The fourth-order valence-electron chi connectivity index (χ4n) is 2.04. The molecule has 0 atom stereocenters. The maximum Gasteiger partial charge on any atom is 0.219 e. The first-order chi connectivity index (χ1) is 9.18. The van der Waals surface area contributed by atoms with Crippen molar-refractivity contribution in [3.63, 3.8) is 0 Å². The van der Waals surface area contributed by atoms with Gasteiger partial charge in [-0.3, -0.25) is 0 Å². The molecule has 0 bridgehead atoms. The molecule has 1 aromatic heterocycles. The van der Waals surface area contributed by atoms with Crippen LogP contribution in [0.1, 0.15) is 0 Å². The van der Waals surface area contributed by atoms with Crippen molar-refractivity contribution in [3.05, 3.63) is 57.5 Å². The number of halogens is 2. The van der Waals surface area contributed by atoms with E-state index in [1.165, 1.54) is 0 Å². The minimum atomic E-state index is 0.0459. The van der Waals surface area contributed by atoms with E-state index in [2.05, 4.69) is 36.8 Å². The van der Waals surface area contributed by atoms with Gasteiger partial charge in [0.15, 0.2) is 0 Å². The Morgan fingerprint density at radius 2 is 1.47 bits per heavy atom. The Morgan fingerprint density at radius 1 is 0.842 bits per heavy atom. The molecule has 94 valence electrons. The molecule has 0 aliphatic heterocycles. The summed E-state index contributed by atoms with van der Waals surface area (Å²) in [6, 6.07) is 15.4. The molecule has 0 aliphatic rings. The van der Waals surface area contributed by atoms with Crippen molar-refractivity contribution in [1.29, 1.82) is 0 Å². The first-order valence-electron chi connectivity index (χ1n) is 5.70. The molecule has 1 N–H and O–H groups in total. The Labute approximate surface area is 127 Å². The van der Waals surface area contributed by atoms with Crippen LogP contribution < -0.4 is 0 Å². The van der Waals surface area contributed by atoms with Crippen molar-refractivity contribution < 1.29 is 5.11 Å². The molecule has 0 fully saturated rings. The van der Waals surface area contributed by atoms with E-state index in [0.29, 0.717) is 0 Å². The maximum atomic E-state index is 10.1. The van der Waals surface area contributed by atoms with E-state index >= 15 is 0 Å². The number of benzene rings is 2. The Morgan fingerprint density at radius 3 is 2.21 bits per heavy atom. The summed E-state index contributed by atoms with van der Waals surface area (Å²) in [6.07, 6.45) is 0. The number of rotatable bonds is 1. The van der Waals surface area contributed by atoms with Crippen LogP contribution in [0.3, 0.4) is 0 Å². The maximum absolute atomic E-state index is 10.1. The predicted octanol–water partition coefficient (Wildman–Crippen LogP) is 5.13. The predicted molar refractivity (Wildman–Crippen MR) is 84.2 cm³/mol. The Kier molecular flexibility index (Phi) is 3.29. The van der Waals surface area contributed by atoms with Crippen molar-refractivity contribution >= 4 is 42.6 Å². The molecule has 0 aliphatic carbocycles. The first kappa shape index (κ1) is 12.6. The SMILES string of the molecule is Oc1nc(-c2ccccc2Br)c(Br)c2ccccc12. The van der Waals surface area contributed by atoms with E-state index in [1.54, 1.807) is 0 Å². The van der Waals surface area contributed by atoms with Gasteiger partial charge in [-0.05, 0) is 28.1 Å². The Hall–Kier alpha value is -1.39. The molecule has 2 nitrogen and oxygen atoms in total. The highest BCUT2D eigenvalue weighted by Crippen LogP contribution is 2.39. The second-order valence-corrected chi connectivity index (χ2v) is 5.77. The van der Waals surface area contributed by atoms with Gasteiger partial charge < -0.3 is 5.11 Å². The Bertz CT molecular complexity index is 771. The Balaban J connectivity index is 2.38. The number of hydrogen-bond acceptors (Lipinski definition) is 2. The van der Waals surface area contributed by atoms with E-state index in [0.717, 1.165) is 31.0 Å². The molecule has 0 spiro atoms. The van der Waals surface area contributed by atoms with E-state index in [4.69, 9.17) is 0 Å². The number of fused-ring (bicyclic) bond motifs is 1. The average Bonchev–Trinajstić information content (AvgIpc) is 2.44. The number of aromatic nitrogens is 1. The fourth-order valence-corrected chi connectivity index (χ4v) is 3.16. The van der Waals surface area contributed by atoms with Gasteiger partial charge in [0.25, 0.3) is 0 Å². The van der Waals surface area contributed by atoms with Crippen molar-refractivity contribution in [1.82, 2.24) is 4.98 Å². The lowest BCUT2D eigenvalue weighted by Crippen LogP contribution is -1.89. The summed E-state index contributed by atoms with van der Waals surface area (Å²) in [6.45, 7) is 0. The quantitative estimate of drug-likeness (QED) is 0.636. The molecule has 0 unspecified atom stereocenters. The van der Waals surface area contributed by atoms with E-state index in [9.17, 15) is 5.11 Å². The van der Waals surface area contributed by atoms with Crippen molar-refractivity contribution in [2.24, 2.45) is 0 Å². The van der Waals surface area contributed by atoms with Crippen LogP contribution in [0.2, 0.25) is 0 Å². The largest absolute Gasteiger partial charge is 0.493 e. The van der Waals surface area contributed by atoms with Crippen LogP contribution in [-0.4, -0.2) is 10.1 Å². The summed E-state index contributed by atoms with van der Waals surface area (Å²) in [7, 11) is 0. The standard InChI is InChI=1S/C15H9Br2NO/c16-12-8-4-3-7-11(12)14-13(17)9-5-1-2-6-10(9)15(19)18-14/h1-8H,(H,18,19). The number of nitrogens with zero attached hydrogens (tertiary/aromatic N) is 1. The van der Waals surface area contributed by atoms with Crippen molar-refractivity contribution in [3.8, 4) is 17.1 Å². The van der Waals surface area contributed by atoms with Gasteiger partial charge >= 0.3 is 0 Å². The summed E-state index contributed by atoms with van der Waals surface area (Å²) in [4.78, 5) is 4.31. The van der Waals surface area contributed by atoms with Crippen molar-refractivity contribution in [2.45, 2.75) is 0 Å². The van der Waals surface area contributed by atoms with Crippen LogP contribution in [0.4, 0.5) is 0 Å². The number of aromatic hydroxyl groups is 1. The van der Waals surface area contributed by atoms with E-state index in [-0.39, 0.29) is 5.88 Å². The van der Waals surface area contributed by atoms with Crippen LogP contribution in [0, 0.1) is 0 Å². The first-order valence-corrected chi connectivity index (χ1v) is 7.29. The lowest BCUT2D eigenvalue weighted by molar-refractivity contribution is 0.461. The zero-order chi connectivity index (χ0) is 13.4. The molecule has 0 saturated carbocycles.